The summed E-state index contributed by atoms with van der Waals surface area (Å²) in [6.07, 6.45) is 0.436. The molecule has 0 saturated heterocycles. The molecule has 0 aliphatic carbocycles. The molecule has 1 atom stereocenters. The Balaban J connectivity index is 2.03. The number of carboxylic acids is 1. The van der Waals surface area contributed by atoms with Gasteiger partial charge in [0.2, 0.25) is 11.8 Å². The van der Waals surface area contributed by atoms with E-state index in [-0.39, 0.29) is 18.7 Å². The van der Waals surface area contributed by atoms with E-state index in [9.17, 15) is 14.4 Å². The molecule has 0 radical (unpaired) electrons. The van der Waals surface area contributed by atoms with Crippen LogP contribution in [0.1, 0.15) is 11.1 Å². The van der Waals surface area contributed by atoms with Crippen LogP contribution in [0.25, 0.3) is 0 Å². The van der Waals surface area contributed by atoms with Gasteiger partial charge in [0.1, 0.15) is 12.6 Å². The minimum absolute atomic E-state index is 0.151. The molecule has 130 valence electrons. The van der Waals surface area contributed by atoms with E-state index in [1.807, 2.05) is 60.7 Å². The topological polar surface area (TPSA) is 95.5 Å². The molecule has 2 aromatic carbocycles. The number of rotatable bonds is 8. The summed E-state index contributed by atoms with van der Waals surface area (Å²) in [6.45, 7) is -0.487. The first-order valence-electron chi connectivity index (χ1n) is 7.91. The Kier molecular flexibility index (Phi) is 6.71. The van der Waals surface area contributed by atoms with E-state index in [2.05, 4.69) is 10.6 Å². The summed E-state index contributed by atoms with van der Waals surface area (Å²) < 4.78 is 0. The molecule has 6 heteroatoms. The first kappa shape index (κ1) is 18.2. The number of carbonyl (C=O) groups excluding carboxylic acids is 2. The Morgan fingerprint density at radius 1 is 0.880 bits per heavy atom. The molecule has 0 bridgehead atoms. The van der Waals surface area contributed by atoms with Gasteiger partial charge in [0.15, 0.2) is 0 Å². The second-order valence-electron chi connectivity index (χ2n) is 5.58. The smallest absolute Gasteiger partial charge is 0.322 e. The lowest BCUT2D eigenvalue weighted by molar-refractivity contribution is -0.138. The van der Waals surface area contributed by atoms with Crippen LogP contribution in [0.5, 0.6) is 0 Å². The highest BCUT2D eigenvalue weighted by Crippen LogP contribution is 2.05. The molecule has 3 N–H and O–H groups in total. The zero-order chi connectivity index (χ0) is 18.1. The average Bonchev–Trinajstić information content (AvgIpc) is 2.60. The molecule has 0 saturated carbocycles. The van der Waals surface area contributed by atoms with Crippen molar-refractivity contribution in [1.29, 1.82) is 0 Å². The van der Waals surface area contributed by atoms with Crippen molar-refractivity contribution in [3.05, 3.63) is 71.8 Å². The van der Waals surface area contributed by atoms with Crippen LogP contribution in [-0.2, 0) is 27.2 Å². The quantitative estimate of drug-likeness (QED) is 0.672. The van der Waals surface area contributed by atoms with Crippen molar-refractivity contribution in [1.82, 2.24) is 10.6 Å². The minimum Gasteiger partial charge on any atom is -0.480 e. The summed E-state index contributed by atoms with van der Waals surface area (Å²) in [6, 6.07) is 17.6. The Bertz CT molecular complexity index is 717. The van der Waals surface area contributed by atoms with Gasteiger partial charge in [-0.15, -0.1) is 0 Å². The van der Waals surface area contributed by atoms with Crippen LogP contribution in [0.15, 0.2) is 60.7 Å². The molecule has 6 nitrogen and oxygen atoms in total. The van der Waals surface area contributed by atoms with Gasteiger partial charge >= 0.3 is 5.97 Å². The fourth-order valence-electron chi connectivity index (χ4n) is 2.37. The summed E-state index contributed by atoms with van der Waals surface area (Å²) >= 11 is 0. The van der Waals surface area contributed by atoms with Crippen LogP contribution >= 0.6 is 0 Å². The highest BCUT2D eigenvalue weighted by molar-refractivity contribution is 5.90. The Labute approximate surface area is 145 Å². The molecule has 2 aromatic rings. The van der Waals surface area contributed by atoms with Crippen LogP contribution in [-0.4, -0.2) is 35.5 Å². The number of amides is 2. The maximum atomic E-state index is 12.3. The molecule has 0 heterocycles. The molecular weight excluding hydrogens is 320 g/mol. The highest BCUT2D eigenvalue weighted by atomic mass is 16.4. The van der Waals surface area contributed by atoms with Crippen molar-refractivity contribution in [2.75, 3.05) is 6.54 Å². The first-order chi connectivity index (χ1) is 12.0. The predicted molar refractivity (Wildman–Crippen MR) is 92.9 cm³/mol. The molecule has 0 fully saturated rings. The van der Waals surface area contributed by atoms with E-state index in [1.165, 1.54) is 0 Å². The highest BCUT2D eigenvalue weighted by Gasteiger charge is 2.21. The van der Waals surface area contributed by atoms with Crippen molar-refractivity contribution < 1.29 is 19.5 Å². The molecule has 0 aliphatic heterocycles. The molecule has 2 rings (SSSR count). The lowest BCUT2D eigenvalue weighted by Crippen LogP contribution is -2.49. The summed E-state index contributed by atoms with van der Waals surface area (Å²) in [5.74, 6) is -1.95. The number of benzene rings is 2. The summed E-state index contributed by atoms with van der Waals surface area (Å²) in [5.41, 5.74) is 1.71. The maximum Gasteiger partial charge on any atom is 0.322 e. The van der Waals surface area contributed by atoms with E-state index < -0.39 is 24.5 Å². The maximum absolute atomic E-state index is 12.3. The van der Waals surface area contributed by atoms with Crippen LogP contribution in [0.3, 0.4) is 0 Å². The second kappa shape index (κ2) is 9.22. The number of aliphatic carboxylic acids is 1. The Morgan fingerprint density at radius 3 is 2.00 bits per heavy atom. The fraction of sp³-hybridized carbons (Fsp3) is 0.211. The van der Waals surface area contributed by atoms with Gasteiger partial charge < -0.3 is 15.7 Å². The number of carbonyl (C=O) groups is 3. The van der Waals surface area contributed by atoms with Crippen molar-refractivity contribution in [2.24, 2.45) is 0 Å². The lowest BCUT2D eigenvalue weighted by Gasteiger charge is -2.18. The number of hydrogen-bond acceptors (Lipinski definition) is 3. The number of nitrogens with one attached hydrogen (secondary N) is 2. The molecule has 0 spiro atoms. The largest absolute Gasteiger partial charge is 0.480 e. The minimum atomic E-state index is -1.14. The predicted octanol–water partition coefficient (Wildman–Crippen LogP) is 1.16. The lowest BCUT2D eigenvalue weighted by atomic mass is 10.0. The fourth-order valence-corrected chi connectivity index (χ4v) is 2.37. The van der Waals surface area contributed by atoms with E-state index in [0.29, 0.717) is 0 Å². The van der Waals surface area contributed by atoms with Gasteiger partial charge in [-0.1, -0.05) is 60.7 Å². The Morgan fingerprint density at radius 2 is 1.44 bits per heavy atom. The van der Waals surface area contributed by atoms with Gasteiger partial charge in [0.25, 0.3) is 0 Å². The van der Waals surface area contributed by atoms with Gasteiger partial charge in [0, 0.05) is 6.42 Å². The zero-order valence-electron chi connectivity index (χ0n) is 13.6. The van der Waals surface area contributed by atoms with Crippen molar-refractivity contribution in [2.45, 2.75) is 18.9 Å². The van der Waals surface area contributed by atoms with Crippen LogP contribution in [0, 0.1) is 0 Å². The third-order valence-corrected chi connectivity index (χ3v) is 3.56. The van der Waals surface area contributed by atoms with E-state index in [1.54, 1.807) is 0 Å². The molecule has 0 unspecified atom stereocenters. The molecule has 0 aromatic heterocycles. The van der Waals surface area contributed by atoms with Crippen molar-refractivity contribution in [3.63, 3.8) is 0 Å². The van der Waals surface area contributed by atoms with E-state index in [4.69, 9.17) is 5.11 Å². The zero-order valence-corrected chi connectivity index (χ0v) is 13.6. The molecule has 25 heavy (non-hydrogen) atoms. The average molecular weight is 340 g/mol. The second-order valence-corrected chi connectivity index (χ2v) is 5.58. The van der Waals surface area contributed by atoms with Gasteiger partial charge in [-0.3, -0.25) is 14.4 Å². The summed E-state index contributed by atoms with van der Waals surface area (Å²) in [5, 5.41) is 13.7. The molecule has 0 aliphatic rings. The SMILES string of the molecule is O=C(O)CNC(=O)[C@H](Cc1ccccc1)NC(=O)Cc1ccccc1. The van der Waals surface area contributed by atoms with Crippen LogP contribution in [0.2, 0.25) is 0 Å². The number of carboxylic acid groups (broad SMARTS) is 1. The van der Waals surface area contributed by atoms with Crippen molar-refractivity contribution in [3.8, 4) is 0 Å². The van der Waals surface area contributed by atoms with Crippen LogP contribution in [0.4, 0.5) is 0 Å². The van der Waals surface area contributed by atoms with Crippen molar-refractivity contribution >= 4 is 17.8 Å². The van der Waals surface area contributed by atoms with Gasteiger partial charge in [-0.25, -0.2) is 0 Å². The number of hydrogen-bond donors (Lipinski definition) is 3. The third-order valence-electron chi connectivity index (χ3n) is 3.56. The Hall–Kier alpha value is -3.15. The van der Waals surface area contributed by atoms with Gasteiger partial charge in [-0.05, 0) is 11.1 Å². The van der Waals surface area contributed by atoms with Crippen LogP contribution < -0.4 is 10.6 Å². The van der Waals surface area contributed by atoms with E-state index >= 15 is 0 Å². The standard InChI is InChI=1S/C19H20N2O4/c22-17(12-15-9-5-2-6-10-15)21-16(19(25)20-13-18(23)24)11-14-7-3-1-4-8-14/h1-10,16H,11-13H2,(H,20,25)(H,21,22)(H,23,24)/t16-/m0/s1. The van der Waals surface area contributed by atoms with Gasteiger partial charge in [0.05, 0.1) is 6.42 Å². The third kappa shape index (κ3) is 6.47. The summed E-state index contributed by atoms with van der Waals surface area (Å²) in [7, 11) is 0. The first-order valence-corrected chi connectivity index (χ1v) is 7.91. The summed E-state index contributed by atoms with van der Waals surface area (Å²) in [4.78, 5) is 35.1. The van der Waals surface area contributed by atoms with Gasteiger partial charge in [-0.2, -0.15) is 0 Å². The monoisotopic (exact) mass is 340 g/mol. The normalized spacial score (nSPS) is 11.4. The molecule has 2 amide bonds. The molecular formula is C19H20N2O4. The van der Waals surface area contributed by atoms with E-state index in [0.717, 1.165) is 11.1 Å².